The molecule has 1 aliphatic heterocycles. The largest absolute Gasteiger partial charge is 0.495 e. The van der Waals surface area contributed by atoms with Gasteiger partial charge in [0.05, 0.1) is 30.7 Å². The van der Waals surface area contributed by atoms with Gasteiger partial charge in [0.25, 0.3) is 0 Å². The molecule has 6 nitrogen and oxygen atoms in total. The second kappa shape index (κ2) is 5.70. The van der Waals surface area contributed by atoms with E-state index in [1.165, 1.54) is 7.11 Å². The van der Waals surface area contributed by atoms with Crippen LogP contribution in [0, 0.1) is 0 Å². The van der Waals surface area contributed by atoms with Crippen LogP contribution in [0.4, 0.5) is 5.69 Å². The fourth-order valence-corrected chi connectivity index (χ4v) is 3.42. The maximum Gasteiger partial charge on any atom is 0.307 e. The van der Waals surface area contributed by atoms with Gasteiger partial charge in [-0.15, -0.1) is 0 Å². The summed E-state index contributed by atoms with van der Waals surface area (Å²) in [4.78, 5) is 12.7. The van der Waals surface area contributed by atoms with Gasteiger partial charge < -0.3 is 14.7 Å². The molecule has 1 heterocycles. The van der Waals surface area contributed by atoms with Crippen molar-refractivity contribution >= 4 is 21.5 Å². The molecule has 0 spiro atoms. The van der Waals surface area contributed by atoms with E-state index in [9.17, 15) is 13.2 Å². The van der Waals surface area contributed by atoms with Crippen LogP contribution in [0.25, 0.3) is 0 Å². The number of sulfone groups is 1. The lowest BCUT2D eigenvalue weighted by molar-refractivity contribution is -0.136. The molecule has 1 aromatic carbocycles. The number of rotatable bonds is 4. The highest BCUT2D eigenvalue weighted by molar-refractivity contribution is 7.91. The van der Waals surface area contributed by atoms with Crippen LogP contribution in [0.3, 0.4) is 0 Å². The van der Waals surface area contributed by atoms with Gasteiger partial charge in [0.15, 0.2) is 9.84 Å². The summed E-state index contributed by atoms with van der Waals surface area (Å²) in [7, 11) is -1.41. The van der Waals surface area contributed by atoms with E-state index in [1.54, 1.807) is 18.2 Å². The quantitative estimate of drug-likeness (QED) is 0.874. The average Bonchev–Trinajstić information content (AvgIpc) is 2.38. The number of ether oxygens (including phenoxy) is 1. The number of carboxylic acid groups (broad SMARTS) is 1. The van der Waals surface area contributed by atoms with E-state index < -0.39 is 15.8 Å². The van der Waals surface area contributed by atoms with E-state index in [2.05, 4.69) is 0 Å². The Labute approximate surface area is 117 Å². The van der Waals surface area contributed by atoms with Crippen molar-refractivity contribution in [2.45, 2.75) is 6.42 Å². The number of carboxylic acids is 1. The van der Waals surface area contributed by atoms with Crippen molar-refractivity contribution < 1.29 is 23.1 Å². The molecule has 0 radical (unpaired) electrons. The SMILES string of the molecule is COc1ccc(CC(=O)O)cc1N1CCS(=O)(=O)CC1. The first kappa shape index (κ1) is 14.6. The molecule has 1 aromatic rings. The van der Waals surface area contributed by atoms with Gasteiger partial charge in [0, 0.05) is 13.1 Å². The molecule has 0 aromatic heterocycles. The summed E-state index contributed by atoms with van der Waals surface area (Å²) in [5.74, 6) is -0.0562. The average molecular weight is 299 g/mol. The third-order valence-electron chi connectivity index (χ3n) is 3.28. The van der Waals surface area contributed by atoms with Crippen LogP contribution in [0.1, 0.15) is 5.56 Å². The molecule has 110 valence electrons. The second-order valence-corrected chi connectivity index (χ2v) is 7.02. The van der Waals surface area contributed by atoms with Crippen molar-refractivity contribution in [3.8, 4) is 5.75 Å². The summed E-state index contributed by atoms with van der Waals surface area (Å²) in [5, 5.41) is 8.84. The van der Waals surface area contributed by atoms with Crippen LogP contribution in [0.2, 0.25) is 0 Å². The number of aliphatic carboxylic acids is 1. The Hall–Kier alpha value is -1.76. The monoisotopic (exact) mass is 299 g/mol. The summed E-state index contributed by atoms with van der Waals surface area (Å²) >= 11 is 0. The third kappa shape index (κ3) is 3.41. The highest BCUT2D eigenvalue weighted by atomic mass is 32.2. The minimum Gasteiger partial charge on any atom is -0.495 e. The molecule has 0 unspecified atom stereocenters. The van der Waals surface area contributed by atoms with Crippen LogP contribution < -0.4 is 9.64 Å². The first-order chi connectivity index (χ1) is 9.41. The fourth-order valence-electron chi connectivity index (χ4n) is 2.22. The Balaban J connectivity index is 2.26. The van der Waals surface area contributed by atoms with Gasteiger partial charge >= 0.3 is 5.97 Å². The summed E-state index contributed by atoms with van der Waals surface area (Å²) in [6, 6.07) is 5.18. The minimum absolute atomic E-state index is 0.0663. The van der Waals surface area contributed by atoms with E-state index >= 15 is 0 Å². The molecule has 0 aliphatic carbocycles. The van der Waals surface area contributed by atoms with E-state index in [1.807, 2.05) is 4.90 Å². The zero-order chi connectivity index (χ0) is 14.8. The molecule has 1 saturated heterocycles. The van der Waals surface area contributed by atoms with Crippen LogP contribution in [-0.4, -0.2) is 51.2 Å². The Morgan fingerprint density at radius 1 is 1.35 bits per heavy atom. The number of carbonyl (C=O) groups is 1. The minimum atomic E-state index is -2.95. The topological polar surface area (TPSA) is 83.9 Å². The number of hydrogen-bond acceptors (Lipinski definition) is 5. The summed E-state index contributed by atoms with van der Waals surface area (Å²) in [6.45, 7) is 0.796. The van der Waals surface area contributed by atoms with Gasteiger partial charge in [-0.1, -0.05) is 6.07 Å². The van der Waals surface area contributed by atoms with Gasteiger partial charge in [-0.25, -0.2) is 8.42 Å². The van der Waals surface area contributed by atoms with Crippen molar-refractivity contribution in [2.24, 2.45) is 0 Å². The number of methoxy groups -OCH3 is 1. The smallest absolute Gasteiger partial charge is 0.307 e. The van der Waals surface area contributed by atoms with E-state index in [0.29, 0.717) is 24.4 Å². The van der Waals surface area contributed by atoms with Gasteiger partial charge in [0.2, 0.25) is 0 Å². The third-order valence-corrected chi connectivity index (χ3v) is 4.89. The normalized spacial score (nSPS) is 17.8. The molecule has 1 N–H and O–H groups in total. The van der Waals surface area contributed by atoms with Crippen LogP contribution >= 0.6 is 0 Å². The standard InChI is InChI=1S/C13H17NO5S/c1-19-12-3-2-10(9-13(15)16)8-11(12)14-4-6-20(17,18)7-5-14/h2-3,8H,4-7,9H2,1H3,(H,15,16). The molecule has 0 atom stereocenters. The maximum absolute atomic E-state index is 11.5. The second-order valence-electron chi connectivity index (χ2n) is 4.72. The van der Waals surface area contributed by atoms with Crippen molar-refractivity contribution in [3.63, 3.8) is 0 Å². The predicted octanol–water partition coefficient (Wildman–Crippen LogP) is 0.557. The Morgan fingerprint density at radius 3 is 2.55 bits per heavy atom. The van der Waals surface area contributed by atoms with Crippen molar-refractivity contribution in [3.05, 3.63) is 23.8 Å². The Kier molecular flexibility index (Phi) is 4.17. The summed E-state index contributed by atoms with van der Waals surface area (Å²) < 4.78 is 28.2. The highest BCUT2D eigenvalue weighted by Gasteiger charge is 2.24. The maximum atomic E-state index is 11.5. The van der Waals surface area contributed by atoms with Crippen LogP contribution in [0.15, 0.2) is 18.2 Å². The molecule has 0 bridgehead atoms. The van der Waals surface area contributed by atoms with Crippen LogP contribution in [-0.2, 0) is 21.1 Å². The number of benzene rings is 1. The van der Waals surface area contributed by atoms with E-state index in [0.717, 1.165) is 5.69 Å². The molecule has 1 fully saturated rings. The lowest BCUT2D eigenvalue weighted by Gasteiger charge is -2.30. The lowest BCUT2D eigenvalue weighted by Crippen LogP contribution is -2.40. The Bertz CT molecular complexity index is 597. The zero-order valence-corrected chi connectivity index (χ0v) is 12.0. The van der Waals surface area contributed by atoms with Crippen molar-refractivity contribution in [1.82, 2.24) is 0 Å². The Morgan fingerprint density at radius 2 is 2.00 bits per heavy atom. The highest BCUT2D eigenvalue weighted by Crippen LogP contribution is 2.30. The van der Waals surface area contributed by atoms with Crippen molar-refractivity contribution in [1.29, 1.82) is 0 Å². The zero-order valence-electron chi connectivity index (χ0n) is 11.2. The van der Waals surface area contributed by atoms with Gasteiger partial charge in [0.1, 0.15) is 5.75 Å². The van der Waals surface area contributed by atoms with Gasteiger partial charge in [-0.3, -0.25) is 4.79 Å². The lowest BCUT2D eigenvalue weighted by atomic mass is 10.1. The fraction of sp³-hybridized carbons (Fsp3) is 0.462. The summed E-state index contributed by atoms with van der Waals surface area (Å²) in [5.41, 5.74) is 1.42. The molecule has 1 aliphatic rings. The van der Waals surface area contributed by atoms with E-state index in [4.69, 9.17) is 9.84 Å². The van der Waals surface area contributed by atoms with E-state index in [-0.39, 0.29) is 17.9 Å². The first-order valence-corrected chi connectivity index (χ1v) is 8.07. The molecule has 20 heavy (non-hydrogen) atoms. The van der Waals surface area contributed by atoms with Gasteiger partial charge in [-0.05, 0) is 17.7 Å². The van der Waals surface area contributed by atoms with Crippen molar-refractivity contribution in [2.75, 3.05) is 36.6 Å². The number of anilines is 1. The molecule has 2 rings (SSSR count). The molecular formula is C13H17NO5S. The van der Waals surface area contributed by atoms with Crippen LogP contribution in [0.5, 0.6) is 5.75 Å². The molecule has 7 heteroatoms. The first-order valence-electron chi connectivity index (χ1n) is 6.25. The molecule has 0 amide bonds. The molecular weight excluding hydrogens is 282 g/mol. The molecule has 0 saturated carbocycles. The summed E-state index contributed by atoms with van der Waals surface area (Å²) in [6.07, 6.45) is -0.0663. The number of nitrogens with zero attached hydrogens (tertiary/aromatic N) is 1. The number of hydrogen-bond donors (Lipinski definition) is 1. The predicted molar refractivity (Wildman–Crippen MR) is 75.2 cm³/mol. The van der Waals surface area contributed by atoms with Gasteiger partial charge in [-0.2, -0.15) is 0 Å².